The molecule has 4 heteroatoms. The molecule has 0 aliphatic heterocycles. The standard InChI is InChI=1S/C13H15N3O/c1-3-7-15-13(17)10-16(2)12-6-4-5-11(8-12)9-14/h3-6,8H,1,7,10H2,2H3,(H,15,17). The van der Waals surface area contributed by atoms with Gasteiger partial charge >= 0.3 is 0 Å². The van der Waals surface area contributed by atoms with E-state index in [1.165, 1.54) is 0 Å². The van der Waals surface area contributed by atoms with E-state index in [-0.39, 0.29) is 12.5 Å². The van der Waals surface area contributed by atoms with Crippen molar-refractivity contribution in [3.8, 4) is 6.07 Å². The summed E-state index contributed by atoms with van der Waals surface area (Å²) in [6, 6.07) is 9.21. The summed E-state index contributed by atoms with van der Waals surface area (Å²) in [5.41, 5.74) is 1.43. The fraction of sp³-hybridized carbons (Fsp3) is 0.231. The number of benzene rings is 1. The normalized spacial score (nSPS) is 9.18. The van der Waals surface area contributed by atoms with Crippen LogP contribution in [0.15, 0.2) is 36.9 Å². The van der Waals surface area contributed by atoms with E-state index in [1.54, 1.807) is 29.2 Å². The first kappa shape index (κ1) is 12.8. The van der Waals surface area contributed by atoms with E-state index in [0.717, 1.165) is 5.69 Å². The number of amides is 1. The number of hydrogen-bond donors (Lipinski definition) is 1. The lowest BCUT2D eigenvalue weighted by Crippen LogP contribution is -2.35. The number of likely N-dealkylation sites (N-methyl/N-ethyl adjacent to an activating group) is 1. The summed E-state index contributed by atoms with van der Waals surface area (Å²) in [4.78, 5) is 13.3. The molecular formula is C13H15N3O. The topological polar surface area (TPSA) is 56.1 Å². The number of nitrogens with zero attached hydrogens (tertiary/aromatic N) is 2. The molecule has 0 unspecified atom stereocenters. The average Bonchev–Trinajstić information content (AvgIpc) is 2.36. The Bertz CT molecular complexity index is 448. The van der Waals surface area contributed by atoms with Crippen molar-refractivity contribution in [2.45, 2.75) is 0 Å². The van der Waals surface area contributed by atoms with Crippen molar-refractivity contribution in [3.05, 3.63) is 42.5 Å². The van der Waals surface area contributed by atoms with Crippen LogP contribution in [0.4, 0.5) is 5.69 Å². The maximum atomic E-state index is 11.5. The Kier molecular flexibility index (Phi) is 4.77. The lowest BCUT2D eigenvalue weighted by Gasteiger charge is -2.18. The first-order valence-electron chi connectivity index (χ1n) is 5.26. The predicted molar refractivity (Wildman–Crippen MR) is 67.6 cm³/mol. The van der Waals surface area contributed by atoms with Gasteiger partial charge in [-0.3, -0.25) is 4.79 Å². The lowest BCUT2D eigenvalue weighted by molar-refractivity contribution is -0.119. The molecule has 0 aliphatic carbocycles. The van der Waals surface area contributed by atoms with Gasteiger partial charge in [0.2, 0.25) is 5.91 Å². The quantitative estimate of drug-likeness (QED) is 0.774. The van der Waals surface area contributed by atoms with Crippen molar-refractivity contribution in [2.24, 2.45) is 0 Å². The van der Waals surface area contributed by atoms with E-state index >= 15 is 0 Å². The molecule has 1 N–H and O–H groups in total. The van der Waals surface area contributed by atoms with Crippen LogP contribution < -0.4 is 10.2 Å². The maximum absolute atomic E-state index is 11.5. The minimum absolute atomic E-state index is 0.0743. The van der Waals surface area contributed by atoms with Gasteiger partial charge in [0, 0.05) is 19.3 Å². The third kappa shape index (κ3) is 3.99. The Morgan fingerprint density at radius 1 is 1.65 bits per heavy atom. The number of rotatable bonds is 5. The molecule has 0 spiro atoms. The second-order valence-electron chi connectivity index (χ2n) is 3.61. The molecule has 1 aromatic rings. The third-order valence-corrected chi connectivity index (χ3v) is 2.24. The van der Waals surface area contributed by atoms with Crippen molar-refractivity contribution in [1.29, 1.82) is 5.26 Å². The second-order valence-corrected chi connectivity index (χ2v) is 3.61. The van der Waals surface area contributed by atoms with Crippen LogP contribution in [0.1, 0.15) is 5.56 Å². The summed E-state index contributed by atoms with van der Waals surface area (Å²) in [6.07, 6.45) is 1.63. The van der Waals surface area contributed by atoms with E-state index in [9.17, 15) is 4.79 Å². The molecule has 4 nitrogen and oxygen atoms in total. The molecule has 0 aliphatic rings. The van der Waals surface area contributed by atoms with Gasteiger partial charge in [0.05, 0.1) is 18.2 Å². The molecule has 88 valence electrons. The number of nitriles is 1. The zero-order chi connectivity index (χ0) is 12.7. The second kappa shape index (κ2) is 6.33. The van der Waals surface area contributed by atoms with Crippen LogP contribution in [0.25, 0.3) is 0 Å². The Hall–Kier alpha value is -2.28. The van der Waals surface area contributed by atoms with Crippen LogP contribution in [-0.2, 0) is 4.79 Å². The number of carbonyl (C=O) groups is 1. The van der Waals surface area contributed by atoms with E-state index < -0.39 is 0 Å². The Balaban J connectivity index is 2.63. The summed E-state index contributed by atoms with van der Waals surface area (Å²) >= 11 is 0. The van der Waals surface area contributed by atoms with Gasteiger partial charge in [0.1, 0.15) is 0 Å². The number of nitrogens with one attached hydrogen (secondary N) is 1. The number of carbonyl (C=O) groups excluding carboxylic acids is 1. The van der Waals surface area contributed by atoms with Crippen molar-refractivity contribution >= 4 is 11.6 Å². The van der Waals surface area contributed by atoms with Gasteiger partial charge in [-0.25, -0.2) is 0 Å². The van der Waals surface area contributed by atoms with Crippen LogP contribution in [0.3, 0.4) is 0 Å². The Morgan fingerprint density at radius 2 is 2.41 bits per heavy atom. The van der Waals surface area contributed by atoms with Gasteiger partial charge in [-0.15, -0.1) is 6.58 Å². The molecule has 0 saturated heterocycles. The zero-order valence-electron chi connectivity index (χ0n) is 9.81. The SMILES string of the molecule is C=CCNC(=O)CN(C)c1cccc(C#N)c1. The molecule has 1 aromatic carbocycles. The molecule has 1 amide bonds. The molecule has 1 rings (SSSR count). The summed E-state index contributed by atoms with van der Waals surface area (Å²) in [5.74, 6) is -0.0743. The average molecular weight is 229 g/mol. The molecule has 0 fully saturated rings. The fourth-order valence-electron chi connectivity index (χ4n) is 1.36. The maximum Gasteiger partial charge on any atom is 0.239 e. The fourth-order valence-corrected chi connectivity index (χ4v) is 1.36. The number of anilines is 1. The van der Waals surface area contributed by atoms with Crippen LogP contribution in [-0.4, -0.2) is 26.0 Å². The minimum Gasteiger partial charge on any atom is -0.365 e. The van der Waals surface area contributed by atoms with Gasteiger partial charge in [-0.2, -0.15) is 5.26 Å². The van der Waals surface area contributed by atoms with Gasteiger partial charge in [-0.05, 0) is 18.2 Å². The lowest BCUT2D eigenvalue weighted by atomic mass is 10.2. The van der Waals surface area contributed by atoms with E-state index in [1.807, 2.05) is 13.1 Å². The van der Waals surface area contributed by atoms with E-state index in [4.69, 9.17) is 5.26 Å². The molecule has 0 aromatic heterocycles. The predicted octanol–water partition coefficient (Wildman–Crippen LogP) is 1.30. The molecule has 0 heterocycles. The largest absolute Gasteiger partial charge is 0.365 e. The highest BCUT2D eigenvalue weighted by Gasteiger charge is 2.06. The van der Waals surface area contributed by atoms with Gasteiger partial charge in [0.25, 0.3) is 0 Å². The van der Waals surface area contributed by atoms with Crippen molar-refractivity contribution < 1.29 is 4.79 Å². The highest BCUT2D eigenvalue weighted by atomic mass is 16.2. The Morgan fingerprint density at radius 3 is 3.06 bits per heavy atom. The summed E-state index contributed by atoms with van der Waals surface area (Å²) in [6.45, 7) is 4.24. The zero-order valence-corrected chi connectivity index (χ0v) is 9.81. The van der Waals surface area contributed by atoms with Crippen molar-refractivity contribution in [3.63, 3.8) is 0 Å². The van der Waals surface area contributed by atoms with E-state index in [2.05, 4.69) is 18.0 Å². The molecular weight excluding hydrogens is 214 g/mol. The van der Waals surface area contributed by atoms with Crippen LogP contribution in [0, 0.1) is 11.3 Å². The van der Waals surface area contributed by atoms with Crippen LogP contribution in [0.2, 0.25) is 0 Å². The van der Waals surface area contributed by atoms with Gasteiger partial charge < -0.3 is 10.2 Å². The molecule has 17 heavy (non-hydrogen) atoms. The first-order valence-corrected chi connectivity index (χ1v) is 5.26. The van der Waals surface area contributed by atoms with Crippen LogP contribution in [0.5, 0.6) is 0 Å². The monoisotopic (exact) mass is 229 g/mol. The van der Waals surface area contributed by atoms with Crippen LogP contribution >= 0.6 is 0 Å². The minimum atomic E-state index is -0.0743. The molecule has 0 bridgehead atoms. The number of hydrogen-bond acceptors (Lipinski definition) is 3. The molecule has 0 saturated carbocycles. The smallest absolute Gasteiger partial charge is 0.239 e. The highest BCUT2D eigenvalue weighted by Crippen LogP contribution is 2.13. The van der Waals surface area contributed by atoms with Gasteiger partial charge in [0.15, 0.2) is 0 Å². The summed E-state index contributed by atoms with van der Waals surface area (Å²) < 4.78 is 0. The summed E-state index contributed by atoms with van der Waals surface area (Å²) in [7, 11) is 1.81. The molecule has 0 atom stereocenters. The van der Waals surface area contributed by atoms with Crippen molar-refractivity contribution in [1.82, 2.24) is 5.32 Å². The Labute approximate surface area is 101 Å². The summed E-state index contributed by atoms with van der Waals surface area (Å²) in [5, 5.41) is 11.5. The molecule has 0 radical (unpaired) electrons. The van der Waals surface area contributed by atoms with Gasteiger partial charge in [-0.1, -0.05) is 12.1 Å². The first-order chi connectivity index (χ1) is 8.17. The third-order valence-electron chi connectivity index (χ3n) is 2.24. The van der Waals surface area contributed by atoms with E-state index in [0.29, 0.717) is 12.1 Å². The van der Waals surface area contributed by atoms with Crippen molar-refractivity contribution in [2.75, 3.05) is 25.0 Å². The highest BCUT2D eigenvalue weighted by molar-refractivity contribution is 5.81.